The van der Waals surface area contributed by atoms with Crippen LogP contribution in [0, 0.1) is 0 Å². The van der Waals surface area contributed by atoms with Crippen LogP contribution in [-0.2, 0) is 0 Å². The van der Waals surface area contributed by atoms with E-state index < -0.39 is 0 Å². The molecule has 2 N–H and O–H groups in total. The normalized spacial score (nSPS) is 24.7. The molecule has 0 aliphatic carbocycles. The van der Waals surface area contributed by atoms with Crippen molar-refractivity contribution >= 4 is 23.5 Å². The predicted octanol–water partition coefficient (Wildman–Crippen LogP) is 1.53. The minimum absolute atomic E-state index is 0.382. The van der Waals surface area contributed by atoms with Crippen LogP contribution in [0.2, 0.25) is 0 Å². The molecule has 0 radical (unpaired) electrons. The zero-order valence-corrected chi connectivity index (χ0v) is 7.30. The van der Waals surface area contributed by atoms with Crippen LogP contribution in [0.5, 0.6) is 0 Å². The lowest BCUT2D eigenvalue weighted by Crippen LogP contribution is -2.18. The Labute approximate surface area is 65.1 Å². The second-order valence-corrected chi connectivity index (χ2v) is 5.30. The van der Waals surface area contributed by atoms with Crippen molar-refractivity contribution in [3.8, 4) is 0 Å². The molecule has 0 amide bonds. The SMILES string of the molecule is CC(N)CC1SCCS1. The molecule has 9 heavy (non-hydrogen) atoms. The molecule has 0 spiro atoms. The maximum absolute atomic E-state index is 5.65. The van der Waals surface area contributed by atoms with E-state index in [0.717, 1.165) is 4.58 Å². The number of hydrogen-bond acceptors (Lipinski definition) is 3. The van der Waals surface area contributed by atoms with Gasteiger partial charge in [0.25, 0.3) is 0 Å². The lowest BCUT2D eigenvalue weighted by molar-refractivity contribution is 0.708. The molecule has 1 nitrogen and oxygen atoms in total. The van der Waals surface area contributed by atoms with Gasteiger partial charge < -0.3 is 5.73 Å². The second-order valence-electron chi connectivity index (χ2n) is 2.38. The molecule has 1 atom stereocenters. The van der Waals surface area contributed by atoms with Gasteiger partial charge >= 0.3 is 0 Å². The van der Waals surface area contributed by atoms with Gasteiger partial charge in [-0.15, -0.1) is 23.5 Å². The third kappa shape index (κ3) is 2.83. The second kappa shape index (κ2) is 3.74. The van der Waals surface area contributed by atoms with Gasteiger partial charge in [-0.1, -0.05) is 0 Å². The quantitative estimate of drug-likeness (QED) is 0.668. The summed E-state index contributed by atoms with van der Waals surface area (Å²) in [4.78, 5) is 0. The molecule has 1 fully saturated rings. The molecule has 1 aliphatic heterocycles. The Morgan fingerprint density at radius 3 is 2.56 bits per heavy atom. The summed E-state index contributed by atoms with van der Waals surface area (Å²) >= 11 is 4.11. The lowest BCUT2D eigenvalue weighted by Gasteiger charge is -2.09. The Morgan fingerprint density at radius 2 is 2.11 bits per heavy atom. The highest BCUT2D eigenvalue weighted by molar-refractivity contribution is 8.20. The lowest BCUT2D eigenvalue weighted by atomic mass is 10.3. The Hall–Kier alpha value is 0.660. The first-order chi connectivity index (χ1) is 4.29. The summed E-state index contributed by atoms with van der Waals surface area (Å²) in [6.45, 7) is 2.08. The van der Waals surface area contributed by atoms with Crippen molar-refractivity contribution in [2.45, 2.75) is 24.0 Å². The van der Waals surface area contributed by atoms with E-state index in [9.17, 15) is 0 Å². The summed E-state index contributed by atoms with van der Waals surface area (Å²) in [5.41, 5.74) is 5.65. The van der Waals surface area contributed by atoms with Gasteiger partial charge in [0.05, 0.1) is 4.58 Å². The van der Waals surface area contributed by atoms with E-state index >= 15 is 0 Å². The molecule has 0 aromatic heterocycles. The topological polar surface area (TPSA) is 26.0 Å². The first kappa shape index (κ1) is 7.76. The highest BCUT2D eigenvalue weighted by Crippen LogP contribution is 2.34. The molecule has 0 saturated carbocycles. The Kier molecular flexibility index (Phi) is 3.22. The standard InChI is InChI=1S/C6H13NS2/c1-5(7)4-6-8-2-3-9-6/h5-6H,2-4,7H2,1H3. The molecule has 1 unspecified atom stereocenters. The first-order valence-corrected chi connectivity index (χ1v) is 5.37. The van der Waals surface area contributed by atoms with Gasteiger partial charge in [-0.2, -0.15) is 0 Å². The van der Waals surface area contributed by atoms with Gasteiger partial charge in [-0.3, -0.25) is 0 Å². The fraction of sp³-hybridized carbons (Fsp3) is 1.00. The Morgan fingerprint density at radius 1 is 1.56 bits per heavy atom. The van der Waals surface area contributed by atoms with Crippen LogP contribution in [0.25, 0.3) is 0 Å². The van der Waals surface area contributed by atoms with E-state index in [4.69, 9.17) is 5.73 Å². The van der Waals surface area contributed by atoms with Gasteiger partial charge in [-0.25, -0.2) is 0 Å². The molecule has 0 aromatic rings. The fourth-order valence-corrected chi connectivity index (χ4v) is 3.98. The fourth-order valence-electron chi connectivity index (χ4n) is 0.847. The van der Waals surface area contributed by atoms with Crippen molar-refractivity contribution in [2.75, 3.05) is 11.5 Å². The maximum Gasteiger partial charge on any atom is 0.0517 e. The highest BCUT2D eigenvalue weighted by Gasteiger charge is 2.16. The molecule has 3 heteroatoms. The zero-order valence-electron chi connectivity index (χ0n) is 5.67. The molecule has 1 rings (SSSR count). The zero-order chi connectivity index (χ0) is 6.69. The average Bonchev–Trinajstić information content (AvgIpc) is 2.15. The van der Waals surface area contributed by atoms with Crippen LogP contribution in [-0.4, -0.2) is 22.1 Å². The maximum atomic E-state index is 5.65. The van der Waals surface area contributed by atoms with Gasteiger partial charge in [0.2, 0.25) is 0 Å². The summed E-state index contributed by atoms with van der Waals surface area (Å²) in [6, 6.07) is 0.382. The van der Waals surface area contributed by atoms with Crippen LogP contribution in [0.1, 0.15) is 13.3 Å². The Balaban J connectivity index is 2.11. The van der Waals surface area contributed by atoms with Crippen molar-refractivity contribution < 1.29 is 0 Å². The van der Waals surface area contributed by atoms with Crippen LogP contribution < -0.4 is 5.73 Å². The van der Waals surface area contributed by atoms with E-state index in [-0.39, 0.29) is 0 Å². The molecular weight excluding hydrogens is 150 g/mol. The monoisotopic (exact) mass is 163 g/mol. The van der Waals surface area contributed by atoms with Crippen LogP contribution in [0.15, 0.2) is 0 Å². The predicted molar refractivity (Wildman–Crippen MR) is 47.0 cm³/mol. The molecule has 1 saturated heterocycles. The molecular formula is C6H13NS2. The summed E-state index contributed by atoms with van der Waals surface area (Å²) < 4.78 is 0.796. The van der Waals surface area contributed by atoms with Crippen LogP contribution in [0.3, 0.4) is 0 Å². The van der Waals surface area contributed by atoms with Crippen molar-refractivity contribution in [1.82, 2.24) is 0 Å². The number of rotatable bonds is 2. The van der Waals surface area contributed by atoms with Crippen molar-refractivity contribution in [3.63, 3.8) is 0 Å². The van der Waals surface area contributed by atoms with Crippen molar-refractivity contribution in [3.05, 3.63) is 0 Å². The van der Waals surface area contributed by atoms with Crippen LogP contribution in [0.4, 0.5) is 0 Å². The van der Waals surface area contributed by atoms with Gasteiger partial charge in [0.1, 0.15) is 0 Å². The summed E-state index contributed by atoms with van der Waals surface area (Å²) in [5, 5.41) is 0. The van der Waals surface area contributed by atoms with Crippen molar-refractivity contribution in [2.24, 2.45) is 5.73 Å². The molecule has 0 bridgehead atoms. The molecule has 0 aromatic carbocycles. The first-order valence-electron chi connectivity index (χ1n) is 3.28. The van der Waals surface area contributed by atoms with E-state index in [1.54, 1.807) is 0 Å². The van der Waals surface area contributed by atoms with E-state index in [1.165, 1.54) is 17.9 Å². The number of nitrogens with two attached hydrogens (primary N) is 1. The summed E-state index contributed by atoms with van der Waals surface area (Å²) in [5.74, 6) is 2.64. The van der Waals surface area contributed by atoms with Crippen LogP contribution >= 0.6 is 23.5 Å². The smallest absolute Gasteiger partial charge is 0.0517 e. The highest BCUT2D eigenvalue weighted by atomic mass is 32.2. The van der Waals surface area contributed by atoms with Gasteiger partial charge in [0, 0.05) is 17.5 Å². The largest absolute Gasteiger partial charge is 0.328 e. The summed E-state index contributed by atoms with van der Waals surface area (Å²) in [6.07, 6.45) is 1.18. The summed E-state index contributed by atoms with van der Waals surface area (Å²) in [7, 11) is 0. The van der Waals surface area contributed by atoms with E-state index in [1.807, 2.05) is 0 Å². The third-order valence-corrected chi connectivity index (χ3v) is 4.34. The Bertz CT molecular complexity index is 79.1. The van der Waals surface area contributed by atoms with E-state index in [0.29, 0.717) is 6.04 Å². The average molecular weight is 163 g/mol. The molecule has 54 valence electrons. The third-order valence-electron chi connectivity index (χ3n) is 1.26. The minimum atomic E-state index is 0.382. The van der Waals surface area contributed by atoms with E-state index in [2.05, 4.69) is 30.4 Å². The minimum Gasteiger partial charge on any atom is -0.328 e. The van der Waals surface area contributed by atoms with Gasteiger partial charge in [0.15, 0.2) is 0 Å². The molecule has 1 aliphatic rings. The van der Waals surface area contributed by atoms with Crippen molar-refractivity contribution in [1.29, 1.82) is 0 Å². The number of hydrogen-bond donors (Lipinski definition) is 1. The number of thioether (sulfide) groups is 2. The van der Waals surface area contributed by atoms with Gasteiger partial charge in [-0.05, 0) is 13.3 Å². The molecule has 1 heterocycles.